The van der Waals surface area contributed by atoms with Gasteiger partial charge < -0.3 is 11.1 Å². The Morgan fingerprint density at radius 3 is 2.88 bits per heavy atom. The summed E-state index contributed by atoms with van der Waals surface area (Å²) in [4.78, 5) is 4.14. The second-order valence-corrected chi connectivity index (χ2v) is 4.49. The number of benzene rings is 1. The van der Waals surface area contributed by atoms with E-state index in [1.54, 1.807) is 18.3 Å². The summed E-state index contributed by atoms with van der Waals surface area (Å²) >= 11 is 3.28. The monoisotopic (exact) mass is 295 g/mol. The van der Waals surface area contributed by atoms with Gasteiger partial charge >= 0.3 is 0 Å². The van der Waals surface area contributed by atoms with Gasteiger partial charge in [0.2, 0.25) is 0 Å². The number of pyridine rings is 1. The van der Waals surface area contributed by atoms with Crippen molar-refractivity contribution in [1.29, 1.82) is 0 Å². The maximum absolute atomic E-state index is 13.0. The van der Waals surface area contributed by atoms with Crippen molar-refractivity contribution in [2.24, 2.45) is 0 Å². The fourth-order valence-electron chi connectivity index (χ4n) is 1.44. The average Bonchev–Trinajstić information content (AvgIpc) is 2.28. The van der Waals surface area contributed by atoms with Crippen LogP contribution < -0.4 is 11.1 Å². The molecule has 0 radical (unpaired) electrons. The van der Waals surface area contributed by atoms with Crippen LogP contribution in [0.1, 0.15) is 5.56 Å². The maximum atomic E-state index is 13.0. The predicted molar refractivity (Wildman–Crippen MR) is 70.1 cm³/mol. The highest BCUT2D eigenvalue weighted by Gasteiger charge is 2.01. The van der Waals surface area contributed by atoms with E-state index in [1.165, 1.54) is 12.1 Å². The van der Waals surface area contributed by atoms with Crippen LogP contribution >= 0.6 is 15.9 Å². The van der Waals surface area contributed by atoms with Gasteiger partial charge in [-0.25, -0.2) is 9.37 Å². The van der Waals surface area contributed by atoms with Gasteiger partial charge in [0.15, 0.2) is 0 Å². The number of aromatic nitrogens is 1. The van der Waals surface area contributed by atoms with Crippen LogP contribution in [-0.2, 0) is 6.54 Å². The highest BCUT2D eigenvalue weighted by atomic mass is 79.9. The summed E-state index contributed by atoms with van der Waals surface area (Å²) in [5.41, 5.74) is 7.18. The molecule has 0 saturated carbocycles. The normalized spacial score (nSPS) is 10.2. The van der Waals surface area contributed by atoms with Gasteiger partial charge in [-0.05, 0) is 39.7 Å². The summed E-state index contributed by atoms with van der Waals surface area (Å²) < 4.78 is 13.8. The molecule has 0 bridgehead atoms. The third-order valence-electron chi connectivity index (χ3n) is 2.23. The van der Waals surface area contributed by atoms with Crippen LogP contribution in [0.5, 0.6) is 0 Å². The summed E-state index contributed by atoms with van der Waals surface area (Å²) in [6, 6.07) is 8.16. The number of nitrogen functional groups attached to an aromatic ring is 1. The number of nitrogens with one attached hydrogen (secondary N) is 1. The van der Waals surface area contributed by atoms with E-state index in [0.717, 1.165) is 10.0 Å². The minimum absolute atomic E-state index is 0.249. The Balaban J connectivity index is 2.07. The Kier molecular flexibility index (Phi) is 3.58. The molecule has 0 aliphatic rings. The SMILES string of the molecule is Nc1cc(Br)cnc1NCc1cccc(F)c1. The zero-order valence-electron chi connectivity index (χ0n) is 8.95. The number of nitrogens with zero attached hydrogens (tertiary/aromatic N) is 1. The minimum atomic E-state index is -0.249. The number of rotatable bonds is 3. The molecule has 3 N–H and O–H groups in total. The highest BCUT2D eigenvalue weighted by molar-refractivity contribution is 9.10. The zero-order chi connectivity index (χ0) is 12.3. The molecule has 88 valence electrons. The van der Waals surface area contributed by atoms with Crippen molar-refractivity contribution in [3.05, 3.63) is 52.4 Å². The van der Waals surface area contributed by atoms with Crippen molar-refractivity contribution in [1.82, 2.24) is 4.98 Å². The molecule has 1 aromatic heterocycles. The molecule has 1 aromatic carbocycles. The van der Waals surface area contributed by atoms with Crippen LogP contribution in [-0.4, -0.2) is 4.98 Å². The quantitative estimate of drug-likeness (QED) is 0.914. The molecule has 0 fully saturated rings. The van der Waals surface area contributed by atoms with Crippen LogP contribution in [0.2, 0.25) is 0 Å². The van der Waals surface area contributed by atoms with Crippen molar-refractivity contribution >= 4 is 27.4 Å². The van der Waals surface area contributed by atoms with Gasteiger partial charge in [-0.3, -0.25) is 0 Å². The molecule has 0 saturated heterocycles. The molecule has 1 heterocycles. The molecule has 5 heteroatoms. The Labute approximate surface area is 107 Å². The first-order chi connectivity index (χ1) is 8.15. The third-order valence-corrected chi connectivity index (χ3v) is 2.67. The van der Waals surface area contributed by atoms with Crippen LogP contribution in [0.25, 0.3) is 0 Å². The first-order valence-corrected chi connectivity index (χ1v) is 5.84. The molecule has 0 aliphatic carbocycles. The average molecular weight is 296 g/mol. The van der Waals surface area contributed by atoms with E-state index in [4.69, 9.17) is 5.73 Å². The lowest BCUT2D eigenvalue weighted by atomic mass is 10.2. The Hall–Kier alpha value is -1.62. The summed E-state index contributed by atoms with van der Waals surface area (Å²) in [7, 11) is 0. The van der Waals surface area contributed by atoms with Crippen molar-refractivity contribution in [3.63, 3.8) is 0 Å². The van der Waals surface area contributed by atoms with Gasteiger partial charge in [0, 0.05) is 17.2 Å². The van der Waals surface area contributed by atoms with Crippen molar-refractivity contribution in [2.75, 3.05) is 11.1 Å². The lowest BCUT2D eigenvalue weighted by Gasteiger charge is -2.08. The van der Waals surface area contributed by atoms with E-state index in [0.29, 0.717) is 18.1 Å². The van der Waals surface area contributed by atoms with Crippen LogP contribution in [0.15, 0.2) is 41.0 Å². The summed E-state index contributed by atoms with van der Waals surface area (Å²) in [6.07, 6.45) is 1.66. The lowest BCUT2D eigenvalue weighted by molar-refractivity contribution is 0.626. The van der Waals surface area contributed by atoms with Crippen LogP contribution in [0.4, 0.5) is 15.9 Å². The number of hydrogen-bond acceptors (Lipinski definition) is 3. The largest absolute Gasteiger partial charge is 0.396 e. The fourth-order valence-corrected chi connectivity index (χ4v) is 1.78. The molecule has 0 aliphatic heterocycles. The minimum Gasteiger partial charge on any atom is -0.396 e. The predicted octanol–water partition coefficient (Wildman–Crippen LogP) is 3.18. The van der Waals surface area contributed by atoms with E-state index in [2.05, 4.69) is 26.2 Å². The van der Waals surface area contributed by atoms with Gasteiger partial charge in [0.1, 0.15) is 11.6 Å². The third kappa shape index (κ3) is 3.17. The number of halogens is 2. The van der Waals surface area contributed by atoms with Gasteiger partial charge in [-0.1, -0.05) is 12.1 Å². The van der Waals surface area contributed by atoms with E-state index in [9.17, 15) is 4.39 Å². The smallest absolute Gasteiger partial charge is 0.149 e. The van der Waals surface area contributed by atoms with Gasteiger partial charge in [-0.2, -0.15) is 0 Å². The lowest BCUT2D eigenvalue weighted by Crippen LogP contribution is -2.04. The van der Waals surface area contributed by atoms with Gasteiger partial charge in [-0.15, -0.1) is 0 Å². The molecule has 0 amide bonds. The summed E-state index contributed by atoms with van der Waals surface area (Å²) in [6.45, 7) is 0.483. The maximum Gasteiger partial charge on any atom is 0.149 e. The molecule has 2 aromatic rings. The van der Waals surface area contributed by atoms with E-state index in [-0.39, 0.29) is 5.82 Å². The Morgan fingerprint density at radius 2 is 2.18 bits per heavy atom. The Bertz CT molecular complexity index is 531. The molecular weight excluding hydrogens is 285 g/mol. The second kappa shape index (κ2) is 5.14. The van der Waals surface area contributed by atoms with Gasteiger partial charge in [0.05, 0.1) is 5.69 Å². The molecule has 0 spiro atoms. The summed E-state index contributed by atoms with van der Waals surface area (Å²) in [5.74, 6) is 0.346. The molecule has 0 unspecified atom stereocenters. The van der Waals surface area contributed by atoms with E-state index < -0.39 is 0 Å². The highest BCUT2D eigenvalue weighted by Crippen LogP contribution is 2.20. The van der Waals surface area contributed by atoms with Gasteiger partial charge in [0.25, 0.3) is 0 Å². The zero-order valence-corrected chi connectivity index (χ0v) is 10.5. The molecule has 0 atom stereocenters. The number of anilines is 2. The topological polar surface area (TPSA) is 50.9 Å². The van der Waals surface area contributed by atoms with Crippen LogP contribution in [0.3, 0.4) is 0 Å². The first-order valence-electron chi connectivity index (χ1n) is 5.04. The second-order valence-electron chi connectivity index (χ2n) is 3.57. The standard InChI is InChI=1S/C12H11BrFN3/c13-9-5-11(15)12(17-7-9)16-6-8-2-1-3-10(14)4-8/h1-5,7H,6,15H2,(H,16,17). The van der Waals surface area contributed by atoms with Crippen molar-refractivity contribution in [2.45, 2.75) is 6.54 Å². The Morgan fingerprint density at radius 1 is 1.35 bits per heavy atom. The molecular formula is C12H11BrFN3. The molecule has 2 rings (SSSR count). The number of nitrogens with two attached hydrogens (primary N) is 1. The van der Waals surface area contributed by atoms with Crippen molar-refractivity contribution < 1.29 is 4.39 Å². The number of hydrogen-bond donors (Lipinski definition) is 2. The molecule has 17 heavy (non-hydrogen) atoms. The van der Waals surface area contributed by atoms with Crippen LogP contribution in [0, 0.1) is 5.82 Å². The van der Waals surface area contributed by atoms with Crippen molar-refractivity contribution in [3.8, 4) is 0 Å². The molecule has 3 nitrogen and oxygen atoms in total. The van der Waals surface area contributed by atoms with E-state index >= 15 is 0 Å². The first kappa shape index (κ1) is 11.9. The van der Waals surface area contributed by atoms with E-state index in [1.807, 2.05) is 6.07 Å². The fraction of sp³-hybridized carbons (Fsp3) is 0.0833. The summed E-state index contributed by atoms with van der Waals surface area (Å²) in [5, 5.41) is 3.06.